The molecule has 176 valence electrons. The number of methoxy groups -OCH3 is 1. The van der Waals surface area contributed by atoms with Crippen molar-refractivity contribution in [3.8, 4) is 0 Å². The largest absolute Gasteiger partial charge is 0.483 e. The summed E-state index contributed by atoms with van der Waals surface area (Å²) in [5.74, 6) is 0.239. The van der Waals surface area contributed by atoms with E-state index in [9.17, 15) is 14.4 Å². The van der Waals surface area contributed by atoms with Crippen molar-refractivity contribution in [2.24, 2.45) is 17.8 Å². The highest BCUT2D eigenvalue weighted by Gasteiger charge is 2.53. The number of hydrogen-bond acceptors (Lipinski definition) is 6. The van der Waals surface area contributed by atoms with E-state index in [4.69, 9.17) is 14.2 Å². The Hall–Kier alpha value is -2.67. The average molecular weight is 454 g/mol. The molecular formula is C26H31NO6. The maximum atomic E-state index is 13.8. The molecule has 0 bridgehead atoms. The van der Waals surface area contributed by atoms with Crippen molar-refractivity contribution < 1.29 is 28.6 Å². The third-order valence-electron chi connectivity index (χ3n) is 7.88. The Morgan fingerprint density at radius 2 is 1.85 bits per heavy atom. The summed E-state index contributed by atoms with van der Waals surface area (Å²) in [6.45, 7) is 5.47. The monoisotopic (exact) mass is 453 g/mol. The molecule has 0 radical (unpaired) electrons. The lowest BCUT2D eigenvalue weighted by Crippen LogP contribution is -2.43. The summed E-state index contributed by atoms with van der Waals surface area (Å²) < 4.78 is 16.9. The molecule has 1 aromatic rings. The first kappa shape index (κ1) is 22.1. The van der Waals surface area contributed by atoms with Crippen LogP contribution in [0.15, 0.2) is 35.6 Å². The van der Waals surface area contributed by atoms with Crippen molar-refractivity contribution >= 4 is 17.7 Å². The lowest BCUT2D eigenvalue weighted by Gasteiger charge is -2.40. The second-order valence-electron chi connectivity index (χ2n) is 9.90. The van der Waals surface area contributed by atoms with Gasteiger partial charge in [-0.1, -0.05) is 26.0 Å². The third-order valence-corrected chi connectivity index (χ3v) is 7.88. The van der Waals surface area contributed by atoms with Crippen LogP contribution in [0.2, 0.25) is 0 Å². The van der Waals surface area contributed by atoms with E-state index < -0.39 is 12.0 Å². The number of ketones is 1. The summed E-state index contributed by atoms with van der Waals surface area (Å²) in [6, 6.07) is 6.42. The Labute approximate surface area is 194 Å². The first-order chi connectivity index (χ1) is 15.9. The number of Topliss-reactive ketones (excluding diaryl/α,β-unsaturated/α-hetero) is 1. The zero-order valence-electron chi connectivity index (χ0n) is 19.4. The summed E-state index contributed by atoms with van der Waals surface area (Å²) >= 11 is 0. The van der Waals surface area contributed by atoms with E-state index in [1.54, 1.807) is 29.2 Å². The summed E-state index contributed by atoms with van der Waals surface area (Å²) in [7, 11) is 1.34. The van der Waals surface area contributed by atoms with Gasteiger partial charge in [-0.25, -0.2) is 4.79 Å². The summed E-state index contributed by atoms with van der Waals surface area (Å²) in [5, 5.41) is 0. The van der Waals surface area contributed by atoms with Gasteiger partial charge in [-0.3, -0.25) is 9.59 Å². The predicted octanol–water partition coefficient (Wildman–Crippen LogP) is 3.44. The van der Waals surface area contributed by atoms with Crippen molar-refractivity contribution in [2.45, 2.75) is 57.8 Å². The lowest BCUT2D eigenvalue weighted by atomic mass is 9.70. The van der Waals surface area contributed by atoms with Crippen LogP contribution in [-0.2, 0) is 23.8 Å². The average Bonchev–Trinajstić information content (AvgIpc) is 3.42. The fraction of sp³-hybridized carbons (Fsp3) is 0.577. The van der Waals surface area contributed by atoms with E-state index in [2.05, 4.69) is 13.8 Å². The molecule has 1 aromatic carbocycles. The van der Waals surface area contributed by atoms with Crippen molar-refractivity contribution in [3.05, 3.63) is 46.7 Å². The molecule has 5 rings (SSSR count). The number of esters is 1. The van der Waals surface area contributed by atoms with Gasteiger partial charge in [0.2, 0.25) is 0 Å². The van der Waals surface area contributed by atoms with Crippen molar-refractivity contribution in [1.29, 1.82) is 0 Å². The van der Waals surface area contributed by atoms with Crippen LogP contribution in [0.1, 0.15) is 61.5 Å². The second-order valence-corrected chi connectivity index (χ2v) is 9.90. The Morgan fingerprint density at radius 1 is 1.12 bits per heavy atom. The molecule has 2 fully saturated rings. The van der Waals surface area contributed by atoms with Gasteiger partial charge in [-0.05, 0) is 55.2 Å². The number of fused-ring (bicyclic) bond motifs is 1. The van der Waals surface area contributed by atoms with Gasteiger partial charge >= 0.3 is 5.97 Å². The third kappa shape index (κ3) is 3.76. The molecule has 6 unspecified atom stereocenters. The van der Waals surface area contributed by atoms with Crippen LogP contribution < -0.4 is 0 Å². The Balaban J connectivity index is 1.53. The zero-order valence-corrected chi connectivity index (χ0v) is 19.4. The van der Waals surface area contributed by atoms with Crippen molar-refractivity contribution in [2.75, 3.05) is 20.3 Å². The predicted molar refractivity (Wildman–Crippen MR) is 119 cm³/mol. The van der Waals surface area contributed by atoms with Gasteiger partial charge in [0.25, 0.3) is 5.91 Å². The van der Waals surface area contributed by atoms with Gasteiger partial charge in [0.1, 0.15) is 6.10 Å². The van der Waals surface area contributed by atoms with Crippen LogP contribution in [0.25, 0.3) is 0 Å². The van der Waals surface area contributed by atoms with Gasteiger partial charge in [0, 0.05) is 13.2 Å². The fourth-order valence-electron chi connectivity index (χ4n) is 5.77. The SMILES string of the molecule is COC(=O)c1ccc(C2C3=C(OC4CC(C)C(C)CC4C3=O)C(=O)N2CC2CCCO2)cc1. The van der Waals surface area contributed by atoms with Gasteiger partial charge in [-0.2, -0.15) is 0 Å². The number of hydrogen-bond donors (Lipinski definition) is 0. The molecule has 7 heteroatoms. The first-order valence-corrected chi connectivity index (χ1v) is 11.9. The highest BCUT2D eigenvalue weighted by atomic mass is 16.5. The Morgan fingerprint density at radius 3 is 2.52 bits per heavy atom. The van der Waals surface area contributed by atoms with Crippen molar-refractivity contribution in [3.63, 3.8) is 0 Å². The quantitative estimate of drug-likeness (QED) is 0.650. The van der Waals surface area contributed by atoms with Crippen LogP contribution >= 0.6 is 0 Å². The number of ether oxygens (including phenoxy) is 3. The number of amides is 1. The normalized spacial score (nSPS) is 33.6. The summed E-state index contributed by atoms with van der Waals surface area (Å²) in [4.78, 5) is 41.0. The lowest BCUT2D eigenvalue weighted by molar-refractivity contribution is -0.138. The minimum Gasteiger partial charge on any atom is -0.483 e. The highest BCUT2D eigenvalue weighted by Crippen LogP contribution is 2.48. The molecule has 7 nitrogen and oxygen atoms in total. The molecule has 0 N–H and O–H groups in total. The minimum absolute atomic E-state index is 0.0326. The van der Waals surface area contributed by atoms with E-state index in [1.807, 2.05) is 0 Å². The van der Waals surface area contributed by atoms with Gasteiger partial charge in [0.15, 0.2) is 11.5 Å². The smallest absolute Gasteiger partial charge is 0.337 e. The fourth-order valence-corrected chi connectivity index (χ4v) is 5.77. The van der Waals surface area contributed by atoms with Gasteiger partial charge in [0.05, 0.1) is 36.3 Å². The Kier molecular flexibility index (Phi) is 5.77. The highest BCUT2D eigenvalue weighted by molar-refractivity contribution is 6.11. The maximum absolute atomic E-state index is 13.8. The number of rotatable bonds is 4. The Bertz CT molecular complexity index is 993. The van der Waals surface area contributed by atoms with Crippen molar-refractivity contribution in [1.82, 2.24) is 4.90 Å². The second kappa shape index (κ2) is 8.60. The van der Waals surface area contributed by atoms with Crippen LogP contribution in [0.4, 0.5) is 0 Å². The minimum atomic E-state index is -0.536. The molecule has 6 atom stereocenters. The molecule has 3 aliphatic heterocycles. The number of carbonyl (C=O) groups is 3. The van der Waals surface area contributed by atoms with E-state index >= 15 is 0 Å². The standard InChI is InChI=1S/C26H31NO6/c1-14-11-19-20(12-15(14)2)33-24-21(23(19)28)22(16-6-8-17(9-7-16)26(30)31-3)27(25(24)29)13-18-5-4-10-32-18/h6-9,14-15,18-20,22H,4-5,10-13H2,1-3H3. The van der Waals surface area contributed by atoms with Crippen LogP contribution in [0.3, 0.4) is 0 Å². The number of nitrogens with zero attached hydrogens (tertiary/aromatic N) is 1. The van der Waals surface area contributed by atoms with Gasteiger partial charge in [-0.15, -0.1) is 0 Å². The summed E-state index contributed by atoms with van der Waals surface area (Å²) in [6.07, 6.45) is 3.12. The van der Waals surface area contributed by atoms with Crippen LogP contribution in [0, 0.1) is 17.8 Å². The van der Waals surface area contributed by atoms with Gasteiger partial charge < -0.3 is 19.1 Å². The zero-order chi connectivity index (χ0) is 23.3. The molecule has 0 aromatic heterocycles. The van der Waals surface area contributed by atoms with E-state index in [0.29, 0.717) is 36.1 Å². The molecule has 3 heterocycles. The number of benzene rings is 1. The molecule has 4 aliphatic rings. The van der Waals surface area contributed by atoms with E-state index in [1.165, 1.54) is 7.11 Å². The maximum Gasteiger partial charge on any atom is 0.337 e. The topological polar surface area (TPSA) is 82.1 Å². The van der Waals surface area contributed by atoms with Crippen LogP contribution in [0.5, 0.6) is 0 Å². The van der Waals surface area contributed by atoms with Crippen LogP contribution in [-0.4, -0.2) is 55.0 Å². The van der Waals surface area contributed by atoms with E-state index in [-0.39, 0.29) is 35.6 Å². The molecule has 1 aliphatic carbocycles. The molecule has 1 saturated carbocycles. The molecule has 1 saturated heterocycles. The molecule has 0 spiro atoms. The summed E-state index contributed by atoms with van der Waals surface area (Å²) in [5.41, 5.74) is 1.67. The van der Waals surface area contributed by atoms with E-state index in [0.717, 1.165) is 31.2 Å². The molecular weight excluding hydrogens is 422 g/mol. The first-order valence-electron chi connectivity index (χ1n) is 11.9. The molecule has 33 heavy (non-hydrogen) atoms. The molecule has 1 amide bonds. The number of carbonyl (C=O) groups excluding carboxylic acids is 3.